The van der Waals surface area contributed by atoms with Crippen molar-refractivity contribution in [1.82, 2.24) is 4.98 Å². The standard InChI is InChI=1S/C15H16F2N2O/c1-8(2)10-5-4-9(3)13(6-10)20-15-12(17)7-11(16)14(18)19-15/h4-8H,1-3H3,(H2,18,19). The van der Waals surface area contributed by atoms with Crippen LogP contribution in [0.25, 0.3) is 0 Å². The van der Waals surface area contributed by atoms with E-state index in [1.54, 1.807) is 0 Å². The number of rotatable bonds is 3. The lowest BCUT2D eigenvalue weighted by atomic mass is 10.0. The van der Waals surface area contributed by atoms with E-state index in [2.05, 4.69) is 4.98 Å². The molecule has 0 aliphatic heterocycles. The van der Waals surface area contributed by atoms with Crippen LogP contribution in [0, 0.1) is 18.6 Å². The van der Waals surface area contributed by atoms with Gasteiger partial charge in [-0.05, 0) is 30.0 Å². The summed E-state index contributed by atoms with van der Waals surface area (Å²) in [5, 5.41) is 0. The van der Waals surface area contributed by atoms with Crippen LogP contribution in [0.3, 0.4) is 0 Å². The van der Waals surface area contributed by atoms with Crippen LogP contribution in [-0.2, 0) is 0 Å². The zero-order valence-electron chi connectivity index (χ0n) is 11.6. The molecule has 0 spiro atoms. The van der Waals surface area contributed by atoms with E-state index in [0.29, 0.717) is 17.7 Å². The molecule has 0 saturated heterocycles. The fraction of sp³-hybridized carbons (Fsp3) is 0.267. The highest BCUT2D eigenvalue weighted by Crippen LogP contribution is 2.30. The molecule has 0 bridgehead atoms. The van der Waals surface area contributed by atoms with Gasteiger partial charge in [0.15, 0.2) is 17.5 Å². The normalized spacial score (nSPS) is 10.9. The molecule has 0 amide bonds. The average molecular weight is 278 g/mol. The lowest BCUT2D eigenvalue weighted by Crippen LogP contribution is -2.01. The largest absolute Gasteiger partial charge is 0.436 e. The summed E-state index contributed by atoms with van der Waals surface area (Å²) in [5.41, 5.74) is 7.22. The second-order valence-corrected chi connectivity index (χ2v) is 4.92. The number of ether oxygens (including phenoxy) is 1. The molecule has 1 heterocycles. The Labute approximate surface area is 116 Å². The third-order valence-electron chi connectivity index (χ3n) is 3.01. The van der Waals surface area contributed by atoms with E-state index in [9.17, 15) is 8.78 Å². The van der Waals surface area contributed by atoms with Crippen molar-refractivity contribution in [1.29, 1.82) is 0 Å². The van der Waals surface area contributed by atoms with Crippen molar-refractivity contribution < 1.29 is 13.5 Å². The topological polar surface area (TPSA) is 48.1 Å². The van der Waals surface area contributed by atoms with E-state index in [4.69, 9.17) is 10.5 Å². The number of nitrogen functional groups attached to an aromatic ring is 1. The lowest BCUT2D eigenvalue weighted by molar-refractivity contribution is 0.415. The second kappa shape index (κ2) is 5.45. The van der Waals surface area contributed by atoms with Gasteiger partial charge in [-0.3, -0.25) is 0 Å². The third kappa shape index (κ3) is 2.87. The van der Waals surface area contributed by atoms with E-state index in [1.165, 1.54) is 0 Å². The van der Waals surface area contributed by atoms with Crippen molar-refractivity contribution in [2.75, 3.05) is 5.73 Å². The fourth-order valence-electron chi connectivity index (χ4n) is 1.72. The number of aryl methyl sites for hydroxylation is 1. The average Bonchev–Trinajstić information content (AvgIpc) is 2.38. The first-order valence-corrected chi connectivity index (χ1v) is 6.28. The SMILES string of the molecule is Cc1ccc(C(C)C)cc1Oc1nc(N)c(F)cc1F. The molecule has 0 saturated carbocycles. The third-order valence-corrected chi connectivity index (χ3v) is 3.01. The number of nitrogens with two attached hydrogens (primary N) is 1. The maximum absolute atomic E-state index is 13.6. The molecular formula is C15H16F2N2O. The highest BCUT2D eigenvalue weighted by molar-refractivity contribution is 5.42. The van der Waals surface area contributed by atoms with Crippen molar-refractivity contribution in [2.24, 2.45) is 0 Å². The van der Waals surface area contributed by atoms with Crippen molar-refractivity contribution in [2.45, 2.75) is 26.7 Å². The Morgan fingerprint density at radius 1 is 1.15 bits per heavy atom. The summed E-state index contributed by atoms with van der Waals surface area (Å²) in [6, 6.07) is 6.35. The summed E-state index contributed by atoms with van der Waals surface area (Å²) >= 11 is 0. The van der Waals surface area contributed by atoms with E-state index in [-0.39, 0.29) is 11.7 Å². The van der Waals surface area contributed by atoms with Crippen molar-refractivity contribution in [3.05, 3.63) is 47.0 Å². The van der Waals surface area contributed by atoms with Gasteiger partial charge >= 0.3 is 0 Å². The summed E-state index contributed by atoms with van der Waals surface area (Å²) in [5.74, 6) is -1.71. The van der Waals surface area contributed by atoms with Crippen LogP contribution in [0.2, 0.25) is 0 Å². The molecule has 2 rings (SSSR count). The van der Waals surface area contributed by atoms with E-state index < -0.39 is 11.6 Å². The summed E-state index contributed by atoms with van der Waals surface area (Å²) in [6.07, 6.45) is 0. The quantitative estimate of drug-likeness (QED) is 0.916. The van der Waals surface area contributed by atoms with Crippen LogP contribution in [0.4, 0.5) is 14.6 Å². The van der Waals surface area contributed by atoms with Gasteiger partial charge < -0.3 is 10.5 Å². The molecule has 106 valence electrons. The van der Waals surface area contributed by atoms with Crippen LogP contribution in [0.1, 0.15) is 30.9 Å². The fourth-order valence-corrected chi connectivity index (χ4v) is 1.72. The van der Waals surface area contributed by atoms with Crippen LogP contribution in [0.5, 0.6) is 11.6 Å². The van der Waals surface area contributed by atoms with E-state index in [1.807, 2.05) is 39.0 Å². The predicted octanol–water partition coefficient (Wildman–Crippen LogP) is 4.17. The van der Waals surface area contributed by atoms with Crippen molar-refractivity contribution >= 4 is 5.82 Å². The van der Waals surface area contributed by atoms with Gasteiger partial charge in [-0.2, -0.15) is 4.98 Å². The van der Waals surface area contributed by atoms with Gasteiger partial charge in [0.2, 0.25) is 0 Å². The van der Waals surface area contributed by atoms with Crippen LogP contribution in [-0.4, -0.2) is 4.98 Å². The Morgan fingerprint density at radius 2 is 1.85 bits per heavy atom. The second-order valence-electron chi connectivity index (χ2n) is 4.92. The Bertz CT molecular complexity index is 642. The Hall–Kier alpha value is -2.17. The number of hydrogen-bond donors (Lipinski definition) is 1. The minimum absolute atomic E-state index is 0.314. The van der Waals surface area contributed by atoms with Crippen molar-refractivity contribution in [3.63, 3.8) is 0 Å². The molecule has 1 aromatic carbocycles. The molecule has 3 nitrogen and oxygen atoms in total. The highest BCUT2D eigenvalue weighted by atomic mass is 19.1. The zero-order valence-corrected chi connectivity index (χ0v) is 11.6. The Balaban J connectivity index is 2.39. The summed E-state index contributed by atoms with van der Waals surface area (Å²) in [6.45, 7) is 5.93. The van der Waals surface area contributed by atoms with Gasteiger partial charge in [-0.25, -0.2) is 8.78 Å². The maximum Gasteiger partial charge on any atom is 0.258 e. The first kappa shape index (κ1) is 14.2. The molecule has 0 unspecified atom stereocenters. The number of hydrogen-bond acceptors (Lipinski definition) is 3. The number of benzene rings is 1. The molecule has 20 heavy (non-hydrogen) atoms. The lowest BCUT2D eigenvalue weighted by Gasteiger charge is -2.12. The maximum atomic E-state index is 13.6. The molecule has 5 heteroatoms. The molecule has 1 aromatic heterocycles. The monoisotopic (exact) mass is 278 g/mol. The molecule has 0 fully saturated rings. The van der Waals surface area contributed by atoms with Gasteiger partial charge in [-0.1, -0.05) is 26.0 Å². The minimum atomic E-state index is -0.900. The number of halogens is 2. The predicted molar refractivity (Wildman–Crippen MR) is 73.9 cm³/mol. The Morgan fingerprint density at radius 3 is 2.50 bits per heavy atom. The molecular weight excluding hydrogens is 262 g/mol. The van der Waals surface area contributed by atoms with Gasteiger partial charge in [0.25, 0.3) is 5.88 Å². The minimum Gasteiger partial charge on any atom is -0.436 e. The van der Waals surface area contributed by atoms with E-state index >= 15 is 0 Å². The molecule has 0 aliphatic rings. The molecule has 0 atom stereocenters. The smallest absolute Gasteiger partial charge is 0.258 e. The number of pyridine rings is 1. The number of anilines is 1. The highest BCUT2D eigenvalue weighted by Gasteiger charge is 2.13. The van der Waals surface area contributed by atoms with E-state index in [0.717, 1.165) is 11.1 Å². The molecule has 2 N–H and O–H groups in total. The summed E-state index contributed by atoms with van der Waals surface area (Å²) < 4.78 is 32.1. The van der Waals surface area contributed by atoms with Crippen molar-refractivity contribution in [3.8, 4) is 11.6 Å². The molecule has 0 aliphatic carbocycles. The van der Waals surface area contributed by atoms with Gasteiger partial charge in [0.1, 0.15) is 5.75 Å². The van der Waals surface area contributed by atoms with Gasteiger partial charge in [-0.15, -0.1) is 0 Å². The van der Waals surface area contributed by atoms with Gasteiger partial charge in [0, 0.05) is 6.07 Å². The summed E-state index contributed by atoms with van der Waals surface area (Å²) in [7, 11) is 0. The van der Waals surface area contributed by atoms with Crippen LogP contribution < -0.4 is 10.5 Å². The number of nitrogens with zero attached hydrogens (tertiary/aromatic N) is 1. The zero-order chi connectivity index (χ0) is 14.9. The summed E-state index contributed by atoms with van der Waals surface area (Å²) in [4.78, 5) is 3.59. The Kier molecular flexibility index (Phi) is 3.88. The first-order valence-electron chi connectivity index (χ1n) is 6.28. The van der Waals surface area contributed by atoms with Crippen LogP contribution in [0.15, 0.2) is 24.3 Å². The van der Waals surface area contributed by atoms with Gasteiger partial charge in [0.05, 0.1) is 0 Å². The number of aromatic nitrogens is 1. The molecule has 0 radical (unpaired) electrons. The molecule has 2 aromatic rings. The van der Waals surface area contributed by atoms with Crippen LogP contribution >= 0.6 is 0 Å². The first-order chi connectivity index (χ1) is 9.38.